The molecule has 2 amide bonds. The quantitative estimate of drug-likeness (QED) is 0.405. The van der Waals surface area contributed by atoms with Crippen molar-refractivity contribution < 1.29 is 33.6 Å². The number of hydrogen-bond acceptors (Lipinski definition) is 8. The molecular formula is C22H27N3O7. The minimum absolute atomic E-state index is 0.293. The highest BCUT2D eigenvalue weighted by Crippen LogP contribution is 2.35. The number of nitrogens with two attached hydrogens (primary N) is 1. The molecule has 32 heavy (non-hydrogen) atoms. The minimum Gasteiger partial charge on any atom is -0.496 e. The van der Waals surface area contributed by atoms with Crippen LogP contribution in [0.15, 0.2) is 36.4 Å². The van der Waals surface area contributed by atoms with Crippen molar-refractivity contribution >= 4 is 29.3 Å². The van der Waals surface area contributed by atoms with Crippen molar-refractivity contribution in [1.82, 2.24) is 0 Å². The van der Waals surface area contributed by atoms with Gasteiger partial charge >= 0.3 is 0 Å². The van der Waals surface area contributed by atoms with Gasteiger partial charge in [0.1, 0.15) is 29.0 Å². The van der Waals surface area contributed by atoms with Gasteiger partial charge in [-0.05, 0) is 24.3 Å². The Bertz CT molecular complexity index is 966. The Hall–Kier alpha value is -3.76. The van der Waals surface area contributed by atoms with E-state index in [1.807, 2.05) is 0 Å². The average molecular weight is 445 g/mol. The molecule has 0 radical (unpaired) electrons. The van der Waals surface area contributed by atoms with Crippen molar-refractivity contribution in [1.29, 1.82) is 0 Å². The Kier molecular flexibility index (Phi) is 8.87. The van der Waals surface area contributed by atoms with Gasteiger partial charge < -0.3 is 40.4 Å². The maximum absolute atomic E-state index is 12.5. The molecule has 0 spiro atoms. The van der Waals surface area contributed by atoms with Gasteiger partial charge in [0, 0.05) is 23.9 Å². The molecule has 2 rings (SSSR count). The molecule has 172 valence electrons. The number of carbonyl (C=O) groups is 2. The first-order valence-corrected chi connectivity index (χ1v) is 9.51. The van der Waals surface area contributed by atoms with Crippen LogP contribution >= 0.6 is 0 Å². The second-order valence-corrected chi connectivity index (χ2v) is 6.46. The topological polar surface area (TPSA) is 141 Å². The third-order valence-electron chi connectivity index (χ3n) is 4.41. The smallest absolute Gasteiger partial charge is 0.248 e. The molecular weight excluding hydrogens is 418 g/mol. The van der Waals surface area contributed by atoms with E-state index < -0.39 is 24.5 Å². The SMILES string of the molecule is COc1cc(OC)c(/C=C/C(=O)Nc2ccc(OC)c(NC(=O)[C@@H](N)CO)c2)c(OC)c1. The highest BCUT2D eigenvalue weighted by Gasteiger charge is 2.15. The number of aliphatic hydroxyl groups is 1. The Morgan fingerprint density at radius 2 is 1.59 bits per heavy atom. The number of rotatable bonds is 10. The third kappa shape index (κ3) is 6.13. The minimum atomic E-state index is -1.09. The van der Waals surface area contributed by atoms with E-state index in [9.17, 15) is 9.59 Å². The molecule has 10 heteroatoms. The number of amides is 2. The van der Waals surface area contributed by atoms with Gasteiger partial charge in [-0.3, -0.25) is 9.59 Å². The fourth-order valence-electron chi connectivity index (χ4n) is 2.73. The summed E-state index contributed by atoms with van der Waals surface area (Å²) in [5.41, 5.74) is 6.78. The van der Waals surface area contributed by atoms with E-state index >= 15 is 0 Å². The number of methoxy groups -OCH3 is 4. The summed E-state index contributed by atoms with van der Waals surface area (Å²) in [6.07, 6.45) is 2.87. The molecule has 0 aliphatic carbocycles. The molecule has 0 saturated heterocycles. The van der Waals surface area contributed by atoms with Crippen LogP contribution in [0.25, 0.3) is 6.08 Å². The maximum atomic E-state index is 12.5. The zero-order valence-electron chi connectivity index (χ0n) is 18.3. The van der Waals surface area contributed by atoms with Crippen molar-refractivity contribution in [3.63, 3.8) is 0 Å². The van der Waals surface area contributed by atoms with Gasteiger partial charge in [-0.1, -0.05) is 0 Å². The number of benzene rings is 2. The summed E-state index contributed by atoms with van der Waals surface area (Å²) in [6.45, 7) is -0.506. The van der Waals surface area contributed by atoms with Gasteiger partial charge in [-0.15, -0.1) is 0 Å². The summed E-state index contributed by atoms with van der Waals surface area (Å²) in [5, 5.41) is 14.3. The van der Waals surface area contributed by atoms with Crippen LogP contribution in [-0.4, -0.2) is 58.0 Å². The van der Waals surface area contributed by atoms with E-state index in [0.29, 0.717) is 39.9 Å². The lowest BCUT2D eigenvalue weighted by molar-refractivity contribution is -0.118. The summed E-state index contributed by atoms with van der Waals surface area (Å²) in [7, 11) is 5.97. The van der Waals surface area contributed by atoms with Crippen molar-refractivity contribution in [3.05, 3.63) is 42.0 Å². The van der Waals surface area contributed by atoms with E-state index in [0.717, 1.165) is 0 Å². The summed E-state index contributed by atoms with van der Waals surface area (Å²) in [4.78, 5) is 24.5. The first-order valence-electron chi connectivity index (χ1n) is 9.51. The standard InChI is InChI=1S/C22H27N3O7/c1-29-14-10-19(31-3)15(20(11-14)32-4)6-8-21(27)24-13-5-7-18(30-2)17(9-13)25-22(28)16(23)12-26/h5-11,16,26H,12,23H2,1-4H3,(H,24,27)(H,25,28)/b8-6+/t16-/m0/s1. The van der Waals surface area contributed by atoms with Crippen LogP contribution in [-0.2, 0) is 9.59 Å². The fourth-order valence-corrected chi connectivity index (χ4v) is 2.73. The average Bonchev–Trinajstić information content (AvgIpc) is 2.81. The molecule has 0 unspecified atom stereocenters. The maximum Gasteiger partial charge on any atom is 0.248 e. The van der Waals surface area contributed by atoms with Crippen LogP contribution in [0.2, 0.25) is 0 Å². The fraction of sp³-hybridized carbons (Fsp3) is 0.273. The van der Waals surface area contributed by atoms with Gasteiger partial charge in [0.25, 0.3) is 0 Å². The third-order valence-corrected chi connectivity index (χ3v) is 4.41. The summed E-state index contributed by atoms with van der Waals surface area (Å²) >= 11 is 0. The van der Waals surface area contributed by atoms with Crippen molar-refractivity contribution in [3.8, 4) is 23.0 Å². The molecule has 2 aromatic rings. The lowest BCUT2D eigenvalue weighted by atomic mass is 10.1. The van der Waals surface area contributed by atoms with Gasteiger partial charge in [0.2, 0.25) is 11.8 Å². The van der Waals surface area contributed by atoms with Crippen LogP contribution in [0.5, 0.6) is 23.0 Å². The number of hydrogen-bond donors (Lipinski definition) is 4. The predicted octanol–water partition coefficient (Wildman–Crippen LogP) is 1.63. The molecule has 2 aromatic carbocycles. The Morgan fingerprint density at radius 3 is 2.12 bits per heavy atom. The number of carbonyl (C=O) groups excluding carboxylic acids is 2. The zero-order chi connectivity index (χ0) is 23.7. The molecule has 0 aliphatic rings. The molecule has 0 bridgehead atoms. The van der Waals surface area contributed by atoms with Crippen LogP contribution in [0.3, 0.4) is 0 Å². The molecule has 0 aromatic heterocycles. The Labute approximate surface area is 185 Å². The summed E-state index contributed by atoms with van der Waals surface area (Å²) in [5.74, 6) is 0.839. The second kappa shape index (κ2) is 11.6. The lowest BCUT2D eigenvalue weighted by Gasteiger charge is -2.14. The number of ether oxygens (including phenoxy) is 4. The van der Waals surface area contributed by atoms with Crippen molar-refractivity contribution in [2.24, 2.45) is 5.73 Å². The van der Waals surface area contributed by atoms with Crippen LogP contribution < -0.4 is 35.3 Å². The van der Waals surface area contributed by atoms with Crippen molar-refractivity contribution in [2.45, 2.75) is 6.04 Å². The van der Waals surface area contributed by atoms with Gasteiger partial charge in [-0.2, -0.15) is 0 Å². The van der Waals surface area contributed by atoms with Gasteiger partial charge in [0.05, 0.1) is 46.3 Å². The number of nitrogens with one attached hydrogen (secondary N) is 2. The largest absolute Gasteiger partial charge is 0.496 e. The molecule has 0 saturated carbocycles. The van der Waals surface area contributed by atoms with Crippen LogP contribution in [0.4, 0.5) is 11.4 Å². The van der Waals surface area contributed by atoms with E-state index in [4.69, 9.17) is 29.8 Å². The monoisotopic (exact) mass is 445 g/mol. The molecule has 10 nitrogen and oxygen atoms in total. The van der Waals surface area contributed by atoms with E-state index in [1.165, 1.54) is 40.6 Å². The number of anilines is 2. The van der Waals surface area contributed by atoms with Gasteiger partial charge in [0.15, 0.2) is 0 Å². The van der Waals surface area contributed by atoms with Crippen LogP contribution in [0.1, 0.15) is 5.56 Å². The summed E-state index contributed by atoms with van der Waals surface area (Å²) in [6, 6.07) is 6.97. The normalized spacial score (nSPS) is 11.6. The molecule has 0 heterocycles. The van der Waals surface area contributed by atoms with E-state index in [1.54, 1.807) is 30.3 Å². The Balaban J connectivity index is 2.22. The predicted molar refractivity (Wildman–Crippen MR) is 120 cm³/mol. The second-order valence-electron chi connectivity index (χ2n) is 6.46. The van der Waals surface area contributed by atoms with Crippen LogP contribution in [0, 0.1) is 0 Å². The summed E-state index contributed by atoms with van der Waals surface area (Å²) < 4.78 is 21.2. The lowest BCUT2D eigenvalue weighted by Crippen LogP contribution is -2.38. The van der Waals surface area contributed by atoms with Crippen molar-refractivity contribution in [2.75, 3.05) is 45.7 Å². The molecule has 0 fully saturated rings. The molecule has 5 N–H and O–H groups in total. The molecule has 0 aliphatic heterocycles. The zero-order valence-corrected chi connectivity index (χ0v) is 18.3. The van der Waals surface area contributed by atoms with Gasteiger partial charge in [-0.25, -0.2) is 0 Å². The molecule has 1 atom stereocenters. The van der Waals surface area contributed by atoms with E-state index in [2.05, 4.69) is 10.6 Å². The number of aliphatic hydroxyl groups excluding tert-OH is 1. The first-order chi connectivity index (χ1) is 15.4. The van der Waals surface area contributed by atoms with E-state index in [-0.39, 0.29) is 0 Å². The first kappa shape index (κ1) is 24.5. The Morgan fingerprint density at radius 1 is 0.969 bits per heavy atom. The highest BCUT2D eigenvalue weighted by atomic mass is 16.5. The highest BCUT2D eigenvalue weighted by molar-refractivity contribution is 6.03.